The van der Waals surface area contributed by atoms with Gasteiger partial charge in [0.15, 0.2) is 0 Å². The molecule has 1 atom stereocenters. The normalized spacial score (nSPS) is 16.8. The lowest BCUT2D eigenvalue weighted by molar-refractivity contribution is -0.122. The molecule has 2 amide bonds. The van der Waals surface area contributed by atoms with Gasteiger partial charge in [0.1, 0.15) is 5.75 Å². The van der Waals surface area contributed by atoms with Crippen molar-refractivity contribution in [2.24, 2.45) is 5.92 Å². The highest BCUT2D eigenvalue weighted by Gasteiger charge is 2.36. The van der Waals surface area contributed by atoms with Gasteiger partial charge in [-0.25, -0.2) is 0 Å². The Morgan fingerprint density at radius 3 is 2.62 bits per heavy atom. The van der Waals surface area contributed by atoms with Crippen LogP contribution in [0.1, 0.15) is 6.42 Å². The third-order valence-electron chi connectivity index (χ3n) is 4.00. The first kappa shape index (κ1) is 18.1. The van der Waals surface area contributed by atoms with E-state index in [0.717, 1.165) is 0 Å². The number of carbonyl (C=O) groups excluding carboxylic acids is 2. The Labute approximate surface area is 153 Å². The first-order valence-corrected chi connectivity index (χ1v) is 8.23. The van der Waals surface area contributed by atoms with Crippen molar-refractivity contribution in [1.29, 1.82) is 0 Å². The van der Waals surface area contributed by atoms with Crippen LogP contribution in [0.25, 0.3) is 0 Å². The molecule has 2 aromatic carbocycles. The van der Waals surface area contributed by atoms with Gasteiger partial charge in [-0.15, -0.1) is 0 Å². The molecule has 0 aromatic heterocycles. The van der Waals surface area contributed by atoms with Crippen LogP contribution in [0.5, 0.6) is 5.75 Å². The van der Waals surface area contributed by atoms with Crippen LogP contribution in [-0.2, 0) is 9.59 Å². The lowest BCUT2D eigenvalue weighted by Gasteiger charge is -2.18. The largest absolute Gasteiger partial charge is 0.433 e. The molecule has 0 spiro atoms. The predicted octanol–water partition coefficient (Wildman–Crippen LogP) is 3.93. The van der Waals surface area contributed by atoms with Crippen molar-refractivity contribution in [3.05, 3.63) is 53.6 Å². The standard InChI is InChI=1S/C18H15ClF2N2O3/c19-12-5-1-3-7-14(12)23-10-11(9-16(23)24)17(25)22-13-6-2-4-8-15(13)26-18(20)21/h1-8,11,18H,9-10H2,(H,22,25)/t11-/m1/s1. The van der Waals surface area contributed by atoms with Crippen LogP contribution in [0.15, 0.2) is 48.5 Å². The number of rotatable bonds is 5. The van der Waals surface area contributed by atoms with Crippen molar-refractivity contribution in [3.8, 4) is 5.75 Å². The van der Waals surface area contributed by atoms with Crippen LogP contribution in [0, 0.1) is 5.92 Å². The average Bonchev–Trinajstić information content (AvgIpc) is 2.98. The second-order valence-corrected chi connectivity index (χ2v) is 6.13. The van der Waals surface area contributed by atoms with Crippen molar-refractivity contribution in [3.63, 3.8) is 0 Å². The molecule has 0 unspecified atom stereocenters. The predicted molar refractivity (Wildman–Crippen MR) is 93.6 cm³/mol. The minimum atomic E-state index is -3.00. The lowest BCUT2D eigenvalue weighted by Crippen LogP contribution is -2.28. The number of nitrogens with one attached hydrogen (secondary N) is 1. The zero-order valence-corrected chi connectivity index (χ0v) is 14.2. The molecule has 8 heteroatoms. The average molecular weight is 381 g/mol. The molecule has 3 rings (SSSR count). The van der Waals surface area contributed by atoms with E-state index >= 15 is 0 Å². The molecular formula is C18H15ClF2N2O3. The minimum absolute atomic E-state index is 0.00886. The van der Waals surface area contributed by atoms with Crippen molar-refractivity contribution >= 4 is 34.8 Å². The maximum Gasteiger partial charge on any atom is 0.387 e. The quantitative estimate of drug-likeness (QED) is 0.855. The summed E-state index contributed by atoms with van der Waals surface area (Å²) in [4.78, 5) is 26.2. The lowest BCUT2D eigenvalue weighted by atomic mass is 10.1. The number of nitrogens with zero attached hydrogens (tertiary/aromatic N) is 1. The molecular weight excluding hydrogens is 366 g/mol. The number of alkyl halides is 2. The highest BCUT2D eigenvalue weighted by Crippen LogP contribution is 2.32. The molecule has 136 valence electrons. The van der Waals surface area contributed by atoms with Gasteiger partial charge in [-0.05, 0) is 24.3 Å². The SMILES string of the molecule is O=C(Nc1ccccc1OC(F)F)[C@@H]1CC(=O)N(c2ccccc2Cl)C1. The zero-order valence-electron chi connectivity index (χ0n) is 13.5. The van der Waals surface area contributed by atoms with E-state index in [1.165, 1.54) is 23.1 Å². The summed E-state index contributed by atoms with van der Waals surface area (Å²) < 4.78 is 29.3. The molecule has 26 heavy (non-hydrogen) atoms. The zero-order chi connectivity index (χ0) is 18.7. The third-order valence-corrected chi connectivity index (χ3v) is 4.32. The maximum absolute atomic E-state index is 12.5. The van der Waals surface area contributed by atoms with Crippen molar-refractivity contribution in [2.75, 3.05) is 16.8 Å². The van der Waals surface area contributed by atoms with Crippen LogP contribution >= 0.6 is 11.6 Å². The summed E-state index contributed by atoms with van der Waals surface area (Å²) >= 11 is 6.11. The highest BCUT2D eigenvalue weighted by molar-refractivity contribution is 6.33. The fourth-order valence-electron chi connectivity index (χ4n) is 2.79. The van der Waals surface area contributed by atoms with Gasteiger partial charge in [0, 0.05) is 13.0 Å². The van der Waals surface area contributed by atoms with Crippen LogP contribution in [0.2, 0.25) is 5.02 Å². The number of anilines is 2. The second-order valence-electron chi connectivity index (χ2n) is 5.72. The number of benzene rings is 2. The first-order valence-electron chi connectivity index (χ1n) is 7.85. The van der Waals surface area contributed by atoms with Gasteiger partial charge in [-0.3, -0.25) is 9.59 Å². The summed E-state index contributed by atoms with van der Waals surface area (Å²) in [6.45, 7) is -2.84. The number of hydrogen-bond donors (Lipinski definition) is 1. The maximum atomic E-state index is 12.5. The van der Waals surface area contributed by atoms with Gasteiger partial charge < -0.3 is 15.0 Å². The molecule has 2 aromatic rings. The molecule has 1 N–H and O–H groups in total. The summed E-state index contributed by atoms with van der Waals surface area (Å²) in [6, 6.07) is 12.8. The highest BCUT2D eigenvalue weighted by atomic mass is 35.5. The second kappa shape index (κ2) is 7.70. The fourth-order valence-corrected chi connectivity index (χ4v) is 3.03. The Morgan fingerprint density at radius 1 is 1.19 bits per heavy atom. The van der Waals surface area contributed by atoms with Gasteiger partial charge >= 0.3 is 6.61 Å². The topological polar surface area (TPSA) is 58.6 Å². The Morgan fingerprint density at radius 2 is 1.88 bits per heavy atom. The Hall–Kier alpha value is -2.67. The molecule has 1 fully saturated rings. The Kier molecular flexibility index (Phi) is 5.37. The molecule has 1 heterocycles. The van der Waals surface area contributed by atoms with E-state index in [1.54, 1.807) is 30.3 Å². The molecule has 0 radical (unpaired) electrons. The molecule has 1 aliphatic heterocycles. The summed E-state index contributed by atoms with van der Waals surface area (Å²) in [5.74, 6) is -1.44. The molecule has 1 aliphatic rings. The van der Waals surface area contributed by atoms with Gasteiger partial charge in [-0.2, -0.15) is 8.78 Å². The smallest absolute Gasteiger partial charge is 0.387 e. The number of carbonyl (C=O) groups is 2. The number of hydrogen-bond acceptors (Lipinski definition) is 3. The summed E-state index contributed by atoms with van der Waals surface area (Å²) in [5, 5.41) is 2.97. The van der Waals surface area contributed by atoms with E-state index in [9.17, 15) is 18.4 Å². The molecule has 0 saturated carbocycles. The van der Waals surface area contributed by atoms with E-state index in [0.29, 0.717) is 10.7 Å². The third kappa shape index (κ3) is 3.94. The van der Waals surface area contributed by atoms with Crippen molar-refractivity contribution in [1.82, 2.24) is 0 Å². The Balaban J connectivity index is 1.72. The van der Waals surface area contributed by atoms with E-state index in [-0.39, 0.29) is 30.3 Å². The number of amides is 2. The van der Waals surface area contributed by atoms with E-state index in [2.05, 4.69) is 10.1 Å². The molecule has 0 bridgehead atoms. The van der Waals surface area contributed by atoms with Crippen molar-refractivity contribution in [2.45, 2.75) is 13.0 Å². The Bertz CT molecular complexity index is 832. The summed E-state index contributed by atoms with van der Waals surface area (Å²) in [6.07, 6.45) is 0.00886. The van der Waals surface area contributed by atoms with E-state index in [4.69, 9.17) is 11.6 Å². The molecule has 1 saturated heterocycles. The van der Waals surface area contributed by atoms with Gasteiger partial charge in [0.25, 0.3) is 0 Å². The summed E-state index contributed by atoms with van der Waals surface area (Å²) in [7, 11) is 0. The number of ether oxygens (including phenoxy) is 1. The van der Waals surface area contributed by atoms with Crippen molar-refractivity contribution < 1.29 is 23.1 Å². The minimum Gasteiger partial charge on any atom is -0.433 e. The number of halogens is 3. The summed E-state index contributed by atoms with van der Waals surface area (Å²) in [5.41, 5.74) is 0.664. The fraction of sp³-hybridized carbons (Fsp3) is 0.222. The van der Waals surface area contributed by atoms with Gasteiger partial charge in [0.05, 0.1) is 22.3 Å². The van der Waals surface area contributed by atoms with Crippen LogP contribution in [-0.4, -0.2) is 25.0 Å². The monoisotopic (exact) mass is 380 g/mol. The first-order chi connectivity index (χ1) is 12.5. The van der Waals surface area contributed by atoms with E-state index in [1.807, 2.05) is 0 Å². The van der Waals surface area contributed by atoms with E-state index < -0.39 is 18.4 Å². The number of para-hydroxylation sites is 3. The molecule has 0 aliphatic carbocycles. The van der Waals surface area contributed by atoms with Crippen LogP contribution in [0.3, 0.4) is 0 Å². The van der Waals surface area contributed by atoms with Crippen LogP contribution < -0.4 is 15.0 Å². The van der Waals surface area contributed by atoms with Crippen LogP contribution in [0.4, 0.5) is 20.2 Å². The molecule has 5 nitrogen and oxygen atoms in total. The van der Waals surface area contributed by atoms with Gasteiger partial charge in [0.2, 0.25) is 11.8 Å². The van der Waals surface area contributed by atoms with Gasteiger partial charge in [-0.1, -0.05) is 35.9 Å².